The van der Waals surface area contributed by atoms with Crippen molar-refractivity contribution in [2.24, 2.45) is 17.1 Å². The van der Waals surface area contributed by atoms with E-state index in [2.05, 4.69) is 42.7 Å². The van der Waals surface area contributed by atoms with Gasteiger partial charge < -0.3 is 5.73 Å². The first-order valence-electron chi connectivity index (χ1n) is 7.57. The van der Waals surface area contributed by atoms with Crippen molar-refractivity contribution < 1.29 is 0 Å². The van der Waals surface area contributed by atoms with Gasteiger partial charge in [0.2, 0.25) is 0 Å². The third-order valence-corrected chi connectivity index (χ3v) is 4.59. The minimum absolute atomic E-state index is 0.257. The Hall–Kier alpha value is -0.900. The first-order chi connectivity index (χ1) is 8.93. The Morgan fingerprint density at radius 1 is 1.37 bits per heavy atom. The lowest BCUT2D eigenvalue weighted by atomic mass is 9.67. The van der Waals surface area contributed by atoms with Crippen LogP contribution in [0.2, 0.25) is 0 Å². The van der Waals surface area contributed by atoms with E-state index in [0.29, 0.717) is 11.3 Å². The molecule has 1 aliphatic carbocycles. The Labute approximate surface area is 116 Å². The number of rotatable bonds is 3. The average Bonchev–Trinajstić information content (AvgIpc) is 2.77. The van der Waals surface area contributed by atoms with Gasteiger partial charge in [0.1, 0.15) is 0 Å². The monoisotopic (exact) mass is 264 g/mol. The smallest absolute Gasteiger partial charge is 0.0728 e. The molecule has 2 N–H and O–H groups in total. The van der Waals surface area contributed by atoms with Crippen molar-refractivity contribution in [3.63, 3.8) is 0 Å². The molecule has 0 aromatic carbocycles. The van der Waals surface area contributed by atoms with Crippen LogP contribution in [0, 0.1) is 11.3 Å². The van der Waals surface area contributed by atoms with Gasteiger partial charge in [-0.2, -0.15) is 0 Å². The minimum Gasteiger partial charge on any atom is -0.327 e. The van der Waals surface area contributed by atoms with Crippen LogP contribution in [-0.4, -0.2) is 21.0 Å². The van der Waals surface area contributed by atoms with E-state index in [1.165, 1.54) is 18.5 Å². The first kappa shape index (κ1) is 14.5. The molecule has 1 aromatic heterocycles. The van der Waals surface area contributed by atoms with Gasteiger partial charge in [0, 0.05) is 18.5 Å². The Morgan fingerprint density at radius 3 is 2.74 bits per heavy atom. The zero-order chi connectivity index (χ0) is 14.0. The van der Waals surface area contributed by atoms with Crippen LogP contribution in [0.1, 0.15) is 65.0 Å². The molecule has 0 spiro atoms. The summed E-state index contributed by atoms with van der Waals surface area (Å²) < 4.78 is 2.05. The standard InChI is InChI=1S/C15H28N4/c1-5-8-19-14(10-17-18-19)12-9-11(15(2,3)4)6-7-13(12)16/h10-13H,5-9,16H2,1-4H3. The number of aromatic nitrogens is 3. The summed E-state index contributed by atoms with van der Waals surface area (Å²) in [6.45, 7) is 10.1. The summed E-state index contributed by atoms with van der Waals surface area (Å²) in [4.78, 5) is 0. The molecule has 3 unspecified atom stereocenters. The van der Waals surface area contributed by atoms with Crippen LogP contribution in [0.3, 0.4) is 0 Å². The maximum atomic E-state index is 6.37. The second kappa shape index (κ2) is 5.61. The van der Waals surface area contributed by atoms with Gasteiger partial charge in [0.25, 0.3) is 0 Å². The molecule has 4 heteroatoms. The van der Waals surface area contributed by atoms with Gasteiger partial charge in [0.15, 0.2) is 0 Å². The average molecular weight is 264 g/mol. The quantitative estimate of drug-likeness (QED) is 0.913. The highest BCUT2D eigenvalue weighted by molar-refractivity contribution is 5.10. The summed E-state index contributed by atoms with van der Waals surface area (Å²) in [5, 5.41) is 8.31. The fraction of sp³-hybridized carbons (Fsp3) is 0.867. The molecule has 0 saturated heterocycles. The predicted molar refractivity (Wildman–Crippen MR) is 77.8 cm³/mol. The molecule has 1 aromatic rings. The van der Waals surface area contributed by atoms with Crippen molar-refractivity contribution in [2.45, 2.75) is 71.9 Å². The second-order valence-electron chi connectivity index (χ2n) is 7.03. The topological polar surface area (TPSA) is 56.7 Å². The molecule has 19 heavy (non-hydrogen) atoms. The fourth-order valence-electron chi connectivity index (χ4n) is 3.26. The van der Waals surface area contributed by atoms with E-state index in [-0.39, 0.29) is 6.04 Å². The molecular formula is C15H28N4. The SMILES string of the molecule is CCCn1nncc1C1CC(C(C)(C)C)CCC1N. The van der Waals surface area contributed by atoms with Crippen LogP contribution in [0.5, 0.6) is 0 Å². The summed E-state index contributed by atoms with van der Waals surface area (Å²) in [5.41, 5.74) is 7.97. The second-order valence-corrected chi connectivity index (χ2v) is 7.03. The molecule has 1 fully saturated rings. The summed E-state index contributed by atoms with van der Waals surface area (Å²) in [6, 6.07) is 0.257. The third-order valence-electron chi connectivity index (χ3n) is 4.59. The third kappa shape index (κ3) is 3.16. The van der Waals surface area contributed by atoms with Gasteiger partial charge in [-0.05, 0) is 37.0 Å². The lowest BCUT2D eigenvalue weighted by molar-refractivity contribution is 0.151. The highest BCUT2D eigenvalue weighted by atomic mass is 15.4. The lowest BCUT2D eigenvalue weighted by Gasteiger charge is -2.40. The normalized spacial score (nSPS) is 28.6. The van der Waals surface area contributed by atoms with Gasteiger partial charge in [-0.1, -0.05) is 32.9 Å². The van der Waals surface area contributed by atoms with E-state index in [4.69, 9.17) is 5.73 Å². The highest BCUT2D eigenvalue weighted by Crippen LogP contribution is 2.43. The molecule has 1 saturated carbocycles. The van der Waals surface area contributed by atoms with E-state index in [0.717, 1.165) is 25.3 Å². The Balaban J connectivity index is 2.19. The number of nitrogens with two attached hydrogens (primary N) is 1. The van der Waals surface area contributed by atoms with E-state index in [9.17, 15) is 0 Å². The summed E-state index contributed by atoms with van der Waals surface area (Å²) >= 11 is 0. The summed E-state index contributed by atoms with van der Waals surface area (Å²) in [5.74, 6) is 1.15. The van der Waals surface area contributed by atoms with Crippen molar-refractivity contribution >= 4 is 0 Å². The molecule has 1 aliphatic rings. The number of hydrogen-bond acceptors (Lipinski definition) is 3. The number of hydrogen-bond donors (Lipinski definition) is 1. The number of nitrogens with zero attached hydrogens (tertiary/aromatic N) is 3. The van der Waals surface area contributed by atoms with Crippen LogP contribution in [0.4, 0.5) is 0 Å². The first-order valence-corrected chi connectivity index (χ1v) is 7.57. The molecular weight excluding hydrogens is 236 g/mol. The van der Waals surface area contributed by atoms with Crippen molar-refractivity contribution in [3.8, 4) is 0 Å². The van der Waals surface area contributed by atoms with Crippen LogP contribution >= 0.6 is 0 Å². The molecule has 1 heterocycles. The van der Waals surface area contributed by atoms with Crippen LogP contribution < -0.4 is 5.73 Å². The van der Waals surface area contributed by atoms with Crippen molar-refractivity contribution in [2.75, 3.05) is 0 Å². The molecule has 0 bridgehead atoms. The zero-order valence-electron chi connectivity index (χ0n) is 12.8. The molecule has 2 rings (SSSR count). The highest BCUT2D eigenvalue weighted by Gasteiger charge is 2.36. The summed E-state index contributed by atoms with van der Waals surface area (Å²) in [6.07, 6.45) is 6.54. The lowest BCUT2D eigenvalue weighted by Crippen LogP contribution is -2.39. The van der Waals surface area contributed by atoms with Gasteiger partial charge in [-0.25, -0.2) is 4.68 Å². The van der Waals surface area contributed by atoms with Crippen LogP contribution in [0.15, 0.2) is 6.20 Å². The van der Waals surface area contributed by atoms with Gasteiger partial charge in [-0.15, -0.1) is 5.10 Å². The summed E-state index contributed by atoms with van der Waals surface area (Å²) in [7, 11) is 0. The van der Waals surface area contributed by atoms with E-state index < -0.39 is 0 Å². The maximum Gasteiger partial charge on any atom is 0.0728 e. The van der Waals surface area contributed by atoms with Gasteiger partial charge in [0.05, 0.1) is 11.9 Å². The maximum absolute atomic E-state index is 6.37. The largest absolute Gasteiger partial charge is 0.327 e. The molecule has 0 aliphatic heterocycles. The Kier molecular flexibility index (Phi) is 4.29. The zero-order valence-corrected chi connectivity index (χ0v) is 12.8. The van der Waals surface area contributed by atoms with E-state index in [1.54, 1.807) is 0 Å². The van der Waals surface area contributed by atoms with Crippen LogP contribution in [0.25, 0.3) is 0 Å². The molecule has 108 valence electrons. The predicted octanol–water partition coefficient (Wildman–Crippen LogP) is 2.95. The van der Waals surface area contributed by atoms with Gasteiger partial charge in [-0.3, -0.25) is 0 Å². The Morgan fingerprint density at radius 2 is 2.11 bits per heavy atom. The van der Waals surface area contributed by atoms with E-state index >= 15 is 0 Å². The van der Waals surface area contributed by atoms with Crippen molar-refractivity contribution in [1.82, 2.24) is 15.0 Å². The molecule has 0 amide bonds. The number of aryl methyl sites for hydroxylation is 1. The van der Waals surface area contributed by atoms with E-state index in [1.807, 2.05) is 6.20 Å². The van der Waals surface area contributed by atoms with Crippen molar-refractivity contribution in [1.29, 1.82) is 0 Å². The molecule has 0 radical (unpaired) electrons. The van der Waals surface area contributed by atoms with Crippen molar-refractivity contribution in [3.05, 3.63) is 11.9 Å². The molecule has 3 atom stereocenters. The Bertz CT molecular complexity index is 405. The van der Waals surface area contributed by atoms with Gasteiger partial charge >= 0.3 is 0 Å². The fourth-order valence-corrected chi connectivity index (χ4v) is 3.26. The minimum atomic E-state index is 0.257. The van der Waals surface area contributed by atoms with Crippen LogP contribution in [-0.2, 0) is 6.54 Å². The molecule has 4 nitrogen and oxygen atoms in total.